The third-order valence-corrected chi connectivity index (χ3v) is 8.87. The standard InChI is InChI=1S/C18H15N3O11S4/c1-2-33(22,23)16-8-13(15(35(27,28)29)9-17(16)36(30,31)32)20-21-18-11-4-3-5-14(34(24,25)26)10(11)6-7-12(18)19/h2-9H,1,19H2,(H,24,25,26)(H,27,28,29)(H,30,31,32). The number of nitrogens with zero attached hydrogens (tertiary/aromatic N) is 2. The average molecular weight is 578 g/mol. The summed E-state index contributed by atoms with van der Waals surface area (Å²) in [6.45, 7) is 3.03. The molecule has 0 atom stereocenters. The van der Waals surface area contributed by atoms with Crippen LogP contribution >= 0.6 is 0 Å². The van der Waals surface area contributed by atoms with Gasteiger partial charge in [-0.25, -0.2) is 8.42 Å². The van der Waals surface area contributed by atoms with E-state index in [9.17, 15) is 47.3 Å². The molecule has 0 saturated heterocycles. The number of sulfone groups is 1. The Kier molecular flexibility index (Phi) is 6.83. The van der Waals surface area contributed by atoms with E-state index in [1.54, 1.807) is 0 Å². The summed E-state index contributed by atoms with van der Waals surface area (Å²) in [5, 5.41) is 7.66. The van der Waals surface area contributed by atoms with Gasteiger partial charge >= 0.3 is 0 Å². The molecule has 36 heavy (non-hydrogen) atoms. The molecule has 3 aromatic carbocycles. The van der Waals surface area contributed by atoms with Crippen molar-refractivity contribution < 1.29 is 47.3 Å². The molecule has 0 fully saturated rings. The second-order valence-corrected chi connectivity index (χ2v) is 13.0. The van der Waals surface area contributed by atoms with Gasteiger partial charge in [-0.15, -0.1) is 10.2 Å². The number of hydrogen-bond acceptors (Lipinski definition) is 11. The number of fused-ring (bicyclic) bond motifs is 1. The maximum Gasteiger partial charge on any atom is 0.296 e. The van der Waals surface area contributed by atoms with Crippen molar-refractivity contribution in [1.29, 1.82) is 0 Å². The number of hydrogen-bond donors (Lipinski definition) is 4. The molecule has 5 N–H and O–H groups in total. The summed E-state index contributed by atoms with van der Waals surface area (Å²) in [5.41, 5.74) is 4.64. The van der Waals surface area contributed by atoms with Crippen molar-refractivity contribution in [3.05, 3.63) is 54.5 Å². The average Bonchev–Trinajstić information content (AvgIpc) is 2.75. The molecule has 0 saturated carbocycles. The lowest BCUT2D eigenvalue weighted by molar-refractivity contribution is 0.477. The van der Waals surface area contributed by atoms with Gasteiger partial charge in [-0.1, -0.05) is 24.8 Å². The number of nitrogen functional groups attached to an aromatic ring is 1. The fourth-order valence-electron chi connectivity index (χ4n) is 3.10. The van der Waals surface area contributed by atoms with Crippen molar-refractivity contribution in [2.24, 2.45) is 10.2 Å². The van der Waals surface area contributed by atoms with Crippen molar-refractivity contribution in [2.75, 3.05) is 5.73 Å². The minimum Gasteiger partial charge on any atom is -0.397 e. The van der Waals surface area contributed by atoms with Gasteiger partial charge in [-0.05, 0) is 24.3 Å². The highest BCUT2D eigenvalue weighted by molar-refractivity contribution is 7.95. The number of rotatable bonds is 7. The summed E-state index contributed by atoms with van der Waals surface area (Å²) in [7, 11) is -19.9. The van der Waals surface area contributed by atoms with Gasteiger partial charge in [0.1, 0.15) is 26.1 Å². The zero-order valence-electron chi connectivity index (χ0n) is 17.5. The number of anilines is 1. The first kappa shape index (κ1) is 27.3. The molecule has 0 amide bonds. The van der Waals surface area contributed by atoms with Crippen LogP contribution in [0.4, 0.5) is 17.1 Å². The van der Waals surface area contributed by atoms with Gasteiger partial charge in [0.15, 0.2) is 0 Å². The smallest absolute Gasteiger partial charge is 0.296 e. The summed E-state index contributed by atoms with van der Waals surface area (Å²) < 4.78 is 124. The third kappa shape index (κ3) is 5.28. The maximum atomic E-state index is 12.3. The molecule has 0 unspecified atom stereocenters. The molecule has 0 aliphatic heterocycles. The van der Waals surface area contributed by atoms with Gasteiger partial charge in [0.25, 0.3) is 30.4 Å². The number of benzene rings is 3. The molecular formula is C18H15N3O11S4. The van der Waals surface area contributed by atoms with Crippen LogP contribution in [-0.2, 0) is 40.2 Å². The van der Waals surface area contributed by atoms with Crippen molar-refractivity contribution in [1.82, 2.24) is 0 Å². The van der Waals surface area contributed by atoms with Crippen LogP contribution in [0.2, 0.25) is 0 Å². The quantitative estimate of drug-likeness (QED) is 0.180. The van der Waals surface area contributed by atoms with E-state index in [0.717, 1.165) is 6.07 Å². The summed E-state index contributed by atoms with van der Waals surface area (Å²) in [5.74, 6) is 0. The minimum absolute atomic E-state index is 0.0239. The van der Waals surface area contributed by atoms with Crippen LogP contribution in [0.5, 0.6) is 0 Å². The molecule has 0 aliphatic carbocycles. The Bertz CT molecular complexity index is 1900. The zero-order chi connectivity index (χ0) is 27.3. The topological polar surface area (TPSA) is 248 Å². The number of nitrogens with two attached hydrogens (primary N) is 1. The highest BCUT2D eigenvalue weighted by Gasteiger charge is 2.29. The van der Waals surface area contributed by atoms with Crippen LogP contribution in [0.3, 0.4) is 0 Å². The Morgan fingerprint density at radius 3 is 1.81 bits per heavy atom. The predicted molar refractivity (Wildman–Crippen MR) is 126 cm³/mol. The van der Waals surface area contributed by atoms with E-state index < -0.39 is 65.5 Å². The Morgan fingerprint density at radius 2 is 1.28 bits per heavy atom. The van der Waals surface area contributed by atoms with Crippen LogP contribution in [-0.4, -0.2) is 47.3 Å². The molecule has 3 rings (SSSR count). The summed E-state index contributed by atoms with van der Waals surface area (Å²) in [6, 6.07) is 6.70. The van der Waals surface area contributed by atoms with Gasteiger partial charge in [-0.2, -0.15) is 25.3 Å². The highest BCUT2D eigenvalue weighted by atomic mass is 32.2. The molecule has 14 nitrogen and oxygen atoms in total. The van der Waals surface area contributed by atoms with Crippen LogP contribution < -0.4 is 5.73 Å². The van der Waals surface area contributed by atoms with E-state index in [-0.39, 0.29) is 28.2 Å². The zero-order valence-corrected chi connectivity index (χ0v) is 20.8. The second kappa shape index (κ2) is 9.00. The second-order valence-electron chi connectivity index (χ2n) is 6.96. The van der Waals surface area contributed by atoms with Gasteiger partial charge in [-0.3, -0.25) is 13.7 Å². The van der Waals surface area contributed by atoms with Gasteiger partial charge < -0.3 is 5.73 Å². The molecule has 18 heteroatoms. The molecule has 0 spiro atoms. The normalized spacial score (nSPS) is 13.3. The van der Waals surface area contributed by atoms with Crippen LogP contribution in [0.1, 0.15) is 0 Å². The van der Waals surface area contributed by atoms with Crippen molar-refractivity contribution >= 4 is 68.0 Å². The lowest BCUT2D eigenvalue weighted by Crippen LogP contribution is -2.10. The SMILES string of the molecule is C=CS(=O)(=O)c1cc(N=Nc2c(N)ccc3c(S(=O)(=O)O)cccc23)c(S(=O)(=O)O)cc1S(=O)(=O)O. The van der Waals surface area contributed by atoms with Gasteiger partial charge in [0.05, 0.1) is 10.6 Å². The molecule has 192 valence electrons. The number of azo groups is 1. The monoisotopic (exact) mass is 577 g/mol. The van der Waals surface area contributed by atoms with Crippen LogP contribution in [0.15, 0.2) is 84.3 Å². The van der Waals surface area contributed by atoms with E-state index >= 15 is 0 Å². The van der Waals surface area contributed by atoms with Gasteiger partial charge in [0.2, 0.25) is 9.84 Å². The first-order valence-corrected chi connectivity index (χ1v) is 15.0. The molecular weight excluding hydrogens is 562 g/mol. The summed E-state index contributed by atoms with van der Waals surface area (Å²) in [4.78, 5) is -4.25. The Hall–Kier alpha value is -3.26. The van der Waals surface area contributed by atoms with E-state index in [1.807, 2.05) is 0 Å². The maximum absolute atomic E-state index is 12.3. The Labute approximate surface area is 205 Å². The first-order valence-electron chi connectivity index (χ1n) is 9.09. The Morgan fingerprint density at radius 1 is 0.694 bits per heavy atom. The fraction of sp³-hybridized carbons (Fsp3) is 0. The van der Waals surface area contributed by atoms with E-state index in [4.69, 9.17) is 5.73 Å². The minimum atomic E-state index is -5.32. The lowest BCUT2D eigenvalue weighted by atomic mass is 10.1. The van der Waals surface area contributed by atoms with Crippen molar-refractivity contribution in [3.8, 4) is 0 Å². The highest BCUT2D eigenvalue weighted by Crippen LogP contribution is 2.38. The molecule has 3 aromatic rings. The first-order chi connectivity index (χ1) is 16.4. The van der Waals surface area contributed by atoms with Crippen LogP contribution in [0, 0.1) is 0 Å². The molecule has 0 aromatic heterocycles. The van der Waals surface area contributed by atoms with E-state index in [0.29, 0.717) is 11.5 Å². The third-order valence-electron chi connectivity index (χ3n) is 4.67. The predicted octanol–water partition coefficient (Wildman–Crippen LogP) is 2.49. The molecule has 0 aliphatic rings. The summed E-state index contributed by atoms with van der Waals surface area (Å²) in [6.07, 6.45) is 0. The van der Waals surface area contributed by atoms with E-state index in [2.05, 4.69) is 16.8 Å². The lowest BCUT2D eigenvalue weighted by Gasteiger charge is -2.11. The summed E-state index contributed by atoms with van der Waals surface area (Å²) >= 11 is 0. The Balaban J connectivity index is 2.41. The molecule has 0 heterocycles. The molecule has 0 bridgehead atoms. The fourth-order valence-corrected chi connectivity index (χ4v) is 6.55. The van der Waals surface area contributed by atoms with Crippen LogP contribution in [0.25, 0.3) is 10.8 Å². The molecule has 0 radical (unpaired) electrons. The van der Waals surface area contributed by atoms with Crippen molar-refractivity contribution in [3.63, 3.8) is 0 Å². The van der Waals surface area contributed by atoms with Gasteiger partial charge in [0, 0.05) is 16.2 Å². The van der Waals surface area contributed by atoms with E-state index in [1.165, 1.54) is 24.3 Å². The largest absolute Gasteiger partial charge is 0.397 e. The van der Waals surface area contributed by atoms with Crippen molar-refractivity contribution in [2.45, 2.75) is 19.6 Å².